The molecule has 3 aromatic rings. The van der Waals surface area contributed by atoms with Crippen LogP contribution in [-0.4, -0.2) is 93.2 Å². The summed E-state index contributed by atoms with van der Waals surface area (Å²) in [6, 6.07) is 4.82. The molecule has 6 rings (SSSR count). The van der Waals surface area contributed by atoms with Crippen molar-refractivity contribution in [3.8, 4) is 22.9 Å². The maximum atomic E-state index is 14.5. The number of anilines is 1. The highest BCUT2D eigenvalue weighted by molar-refractivity contribution is 7.14. The van der Waals surface area contributed by atoms with E-state index in [1.165, 1.54) is 22.3 Å². The van der Waals surface area contributed by atoms with Crippen LogP contribution in [0, 0.1) is 16.7 Å². The smallest absolute Gasteiger partial charge is 0.408 e. The first kappa shape index (κ1) is 41.4. The summed E-state index contributed by atoms with van der Waals surface area (Å²) >= 11 is 1.26. The van der Waals surface area contributed by atoms with Gasteiger partial charge in [-0.2, -0.15) is 0 Å². The Hall–Kier alpha value is -5.25. The molecule has 3 heterocycles. The Labute approximate surface area is 335 Å². The Morgan fingerprint density at radius 1 is 1.07 bits per heavy atom. The van der Waals surface area contributed by atoms with Crippen molar-refractivity contribution >= 4 is 57.2 Å². The summed E-state index contributed by atoms with van der Waals surface area (Å²) in [6.07, 6.45) is 2.79. The molecule has 4 amide bonds. The third kappa shape index (κ3) is 9.32. The molecule has 0 spiro atoms. The Bertz CT molecular complexity index is 2070. The second-order valence-electron chi connectivity index (χ2n) is 17.4. The number of benzene rings is 1. The average molecular weight is 805 g/mol. The van der Waals surface area contributed by atoms with Crippen molar-refractivity contribution in [3.05, 3.63) is 42.3 Å². The topological polar surface area (TPSA) is 198 Å². The first-order chi connectivity index (χ1) is 26.8. The van der Waals surface area contributed by atoms with Crippen LogP contribution in [0.15, 0.2) is 42.3 Å². The lowest BCUT2D eigenvalue weighted by Crippen LogP contribution is -2.59. The monoisotopic (exact) mass is 804 g/mol. The maximum absolute atomic E-state index is 14.5. The SMILES string of the molecule is C=C[C@@H]1C[C@]1(NC(=O)[C@@H]1C[C@@H](Oc2cc(-c3csc(NC(=O)CC(C)(C)C)n3)nc3cc(OC)ccc23)CN1C(=O)[C@@H](NC(=O)OC1CCC1)C(C)(C)C)C(=O)O. The first-order valence-electron chi connectivity index (χ1n) is 19.2. The largest absolute Gasteiger partial charge is 0.497 e. The van der Waals surface area contributed by atoms with Crippen molar-refractivity contribution in [2.45, 2.75) is 110 Å². The van der Waals surface area contributed by atoms with E-state index in [-0.39, 0.29) is 36.8 Å². The van der Waals surface area contributed by atoms with Crippen LogP contribution in [0.1, 0.15) is 80.1 Å². The minimum atomic E-state index is -1.53. The number of nitrogens with zero attached hydrogens (tertiary/aromatic N) is 3. The fourth-order valence-corrected chi connectivity index (χ4v) is 7.83. The van der Waals surface area contributed by atoms with Crippen molar-refractivity contribution < 1.29 is 43.3 Å². The normalized spacial score (nSPS) is 22.5. The Kier molecular flexibility index (Phi) is 11.6. The van der Waals surface area contributed by atoms with Crippen LogP contribution in [0.25, 0.3) is 22.3 Å². The number of methoxy groups -OCH3 is 1. The van der Waals surface area contributed by atoms with Gasteiger partial charge in [0.25, 0.3) is 0 Å². The minimum absolute atomic E-state index is 0.0192. The second kappa shape index (κ2) is 15.9. The molecule has 0 unspecified atom stereocenters. The van der Waals surface area contributed by atoms with Crippen molar-refractivity contribution in [1.29, 1.82) is 0 Å². The number of likely N-dealkylation sites (tertiary alicyclic amines) is 1. The number of hydrogen-bond donors (Lipinski definition) is 4. The number of carbonyl (C=O) groups is 5. The summed E-state index contributed by atoms with van der Waals surface area (Å²) in [5, 5.41) is 21.2. The van der Waals surface area contributed by atoms with Crippen LogP contribution in [0.4, 0.5) is 9.93 Å². The van der Waals surface area contributed by atoms with Crippen LogP contribution in [0.3, 0.4) is 0 Å². The predicted molar refractivity (Wildman–Crippen MR) is 214 cm³/mol. The van der Waals surface area contributed by atoms with E-state index >= 15 is 0 Å². The van der Waals surface area contributed by atoms with E-state index in [1.807, 2.05) is 20.8 Å². The molecule has 2 saturated carbocycles. The highest BCUT2D eigenvalue weighted by Gasteiger charge is 2.61. The number of pyridine rings is 1. The molecule has 306 valence electrons. The lowest BCUT2D eigenvalue weighted by molar-refractivity contribution is -0.146. The van der Waals surface area contributed by atoms with Crippen LogP contribution in [0.5, 0.6) is 11.5 Å². The molecule has 3 aliphatic rings. The zero-order valence-electron chi connectivity index (χ0n) is 33.5. The maximum Gasteiger partial charge on any atom is 0.408 e. The molecule has 15 nitrogen and oxygen atoms in total. The van der Waals surface area contributed by atoms with Gasteiger partial charge in [0, 0.05) is 41.7 Å². The van der Waals surface area contributed by atoms with E-state index in [0.717, 1.165) is 19.3 Å². The predicted octanol–water partition coefficient (Wildman–Crippen LogP) is 5.93. The fourth-order valence-electron chi connectivity index (χ4n) is 7.11. The Morgan fingerprint density at radius 3 is 2.40 bits per heavy atom. The molecule has 16 heteroatoms. The number of thiazole rings is 1. The van der Waals surface area contributed by atoms with E-state index in [2.05, 4.69) is 27.5 Å². The number of alkyl carbamates (subject to hydrolysis) is 1. The number of aromatic nitrogens is 2. The molecule has 1 saturated heterocycles. The van der Waals surface area contributed by atoms with Gasteiger partial charge in [-0.05, 0) is 48.6 Å². The first-order valence-corrected chi connectivity index (χ1v) is 20.0. The van der Waals surface area contributed by atoms with E-state index < -0.39 is 58.9 Å². The Morgan fingerprint density at radius 2 is 1.81 bits per heavy atom. The van der Waals surface area contributed by atoms with Crippen LogP contribution < -0.4 is 25.4 Å². The second-order valence-corrected chi connectivity index (χ2v) is 18.3. The van der Waals surface area contributed by atoms with Gasteiger partial charge in [0.1, 0.15) is 47.0 Å². The molecule has 2 aromatic heterocycles. The molecule has 57 heavy (non-hydrogen) atoms. The van der Waals surface area contributed by atoms with E-state index in [4.69, 9.17) is 19.2 Å². The van der Waals surface area contributed by atoms with Gasteiger partial charge in [0.2, 0.25) is 17.7 Å². The molecule has 0 radical (unpaired) electrons. The number of fused-ring (bicyclic) bond motifs is 1. The average Bonchev–Trinajstić information content (AvgIpc) is 3.39. The number of rotatable bonds is 13. The van der Waals surface area contributed by atoms with Crippen molar-refractivity contribution in [1.82, 2.24) is 25.5 Å². The lowest BCUT2D eigenvalue weighted by Gasteiger charge is -2.36. The van der Waals surface area contributed by atoms with Crippen molar-refractivity contribution in [2.24, 2.45) is 16.7 Å². The molecule has 4 N–H and O–H groups in total. The molecule has 1 aliphatic heterocycles. The lowest BCUT2D eigenvalue weighted by atomic mass is 9.85. The van der Waals surface area contributed by atoms with Gasteiger partial charge < -0.3 is 40.2 Å². The standard InChI is InChI=1S/C41H52N6O9S/c1-9-22-18-41(22,36(51)52)46-34(49)30-16-25(20-47(30)35(50)33(40(5,6)7)45-38(53)56-23-11-10-12-23)55-31-17-28(42-27-15-24(54-8)13-14-26(27)31)29-21-57-37(43-29)44-32(48)19-39(2,3)4/h9,13-15,17,21-23,25,30,33H,1,10-12,16,18-20H2,2-8H3,(H,45,53)(H,46,49)(H,51,52)(H,43,44,48)/t22-,25-,30+,33-,41-/m1/s1. The summed E-state index contributed by atoms with van der Waals surface area (Å²) in [7, 11) is 1.55. The fraction of sp³-hybridized carbons (Fsp3) is 0.537. The summed E-state index contributed by atoms with van der Waals surface area (Å²) < 4.78 is 17.7. The van der Waals surface area contributed by atoms with Crippen LogP contribution in [-0.2, 0) is 23.9 Å². The molecular weight excluding hydrogens is 753 g/mol. The van der Waals surface area contributed by atoms with Gasteiger partial charge in [-0.15, -0.1) is 17.9 Å². The third-order valence-corrected chi connectivity index (χ3v) is 11.3. The molecule has 5 atom stereocenters. The van der Waals surface area contributed by atoms with Crippen LogP contribution >= 0.6 is 11.3 Å². The summed E-state index contributed by atoms with van der Waals surface area (Å²) in [5.41, 5.74) is -1.06. The van der Waals surface area contributed by atoms with Crippen molar-refractivity contribution in [3.63, 3.8) is 0 Å². The number of nitrogens with one attached hydrogen (secondary N) is 3. The number of amides is 4. The molecular formula is C41H52N6O9S. The zero-order valence-corrected chi connectivity index (χ0v) is 34.3. The van der Waals surface area contributed by atoms with Gasteiger partial charge >= 0.3 is 12.1 Å². The van der Waals surface area contributed by atoms with Gasteiger partial charge in [-0.25, -0.2) is 19.6 Å². The third-order valence-electron chi connectivity index (χ3n) is 10.6. The molecule has 2 aliphatic carbocycles. The molecule has 3 fully saturated rings. The number of hydrogen-bond acceptors (Lipinski definition) is 11. The quantitative estimate of drug-likeness (QED) is 0.150. The molecule has 1 aromatic carbocycles. The number of ether oxygens (including phenoxy) is 3. The van der Waals surface area contributed by atoms with E-state index in [9.17, 15) is 29.1 Å². The van der Waals surface area contributed by atoms with Crippen molar-refractivity contribution in [2.75, 3.05) is 19.0 Å². The number of carbonyl (C=O) groups excluding carboxylic acids is 4. The Balaban J connectivity index is 1.31. The molecule has 0 bridgehead atoms. The highest BCUT2D eigenvalue weighted by Crippen LogP contribution is 2.45. The van der Waals surface area contributed by atoms with Gasteiger partial charge in [0.05, 0.1) is 24.9 Å². The van der Waals surface area contributed by atoms with Gasteiger partial charge in [0.15, 0.2) is 5.13 Å². The van der Waals surface area contributed by atoms with Crippen LogP contribution in [0.2, 0.25) is 0 Å². The van der Waals surface area contributed by atoms with Gasteiger partial charge in [-0.1, -0.05) is 47.6 Å². The summed E-state index contributed by atoms with van der Waals surface area (Å²) in [6.45, 7) is 15.0. The van der Waals surface area contributed by atoms with Gasteiger partial charge in [-0.3, -0.25) is 14.4 Å². The summed E-state index contributed by atoms with van der Waals surface area (Å²) in [4.78, 5) is 77.5. The highest BCUT2D eigenvalue weighted by atomic mass is 32.1. The number of carboxylic acid groups (broad SMARTS) is 1. The van der Waals surface area contributed by atoms with E-state index in [1.54, 1.807) is 57.5 Å². The van der Waals surface area contributed by atoms with E-state index in [0.29, 0.717) is 45.3 Å². The minimum Gasteiger partial charge on any atom is -0.497 e. The number of aliphatic carboxylic acids is 1. The summed E-state index contributed by atoms with van der Waals surface area (Å²) in [5.74, 6) is -2.05. The zero-order chi connectivity index (χ0) is 41.4. The number of carboxylic acids is 1.